The van der Waals surface area contributed by atoms with Crippen LogP contribution in [0.3, 0.4) is 0 Å². The van der Waals surface area contributed by atoms with Crippen molar-refractivity contribution in [1.29, 1.82) is 0 Å². The van der Waals surface area contributed by atoms with E-state index in [1.54, 1.807) is 30.3 Å². The van der Waals surface area contributed by atoms with Crippen molar-refractivity contribution >= 4 is 24.0 Å². The molecule has 3 aromatic rings. The third kappa shape index (κ3) is 17.7. The Morgan fingerprint density at radius 1 is 0.538 bits per heavy atom. The van der Waals surface area contributed by atoms with Crippen molar-refractivity contribution in [2.45, 2.75) is 136 Å². The van der Waals surface area contributed by atoms with Crippen LogP contribution in [-0.2, 0) is 9.53 Å². The fourth-order valence-electron chi connectivity index (χ4n) is 5.78. The van der Waals surface area contributed by atoms with Gasteiger partial charge in [-0.05, 0) is 98.5 Å². The first-order valence-electron chi connectivity index (χ1n) is 19.6. The molecule has 0 saturated heterocycles. The number of unbranched alkanes of at least 4 members (excludes halogenated alkanes) is 14. The highest BCUT2D eigenvalue weighted by molar-refractivity contribution is 5.92. The van der Waals surface area contributed by atoms with Gasteiger partial charge in [-0.25, -0.2) is 14.4 Å². The third-order valence-electron chi connectivity index (χ3n) is 8.94. The van der Waals surface area contributed by atoms with E-state index >= 15 is 0 Å². The van der Waals surface area contributed by atoms with E-state index in [0.717, 1.165) is 43.4 Å². The van der Waals surface area contributed by atoms with Crippen molar-refractivity contribution < 1.29 is 33.3 Å². The fourth-order valence-corrected chi connectivity index (χ4v) is 5.78. The molecular weight excluding hydrogens is 652 g/mol. The van der Waals surface area contributed by atoms with Crippen molar-refractivity contribution in [2.24, 2.45) is 0 Å². The van der Waals surface area contributed by atoms with E-state index in [9.17, 15) is 14.4 Å². The predicted molar refractivity (Wildman–Crippen MR) is 209 cm³/mol. The molecule has 282 valence electrons. The first-order chi connectivity index (χ1) is 25.4. The maximum Gasteiger partial charge on any atom is 0.343 e. The van der Waals surface area contributed by atoms with Crippen LogP contribution in [0.1, 0.15) is 156 Å². The lowest BCUT2D eigenvalue weighted by Crippen LogP contribution is -2.15. The van der Waals surface area contributed by atoms with Crippen LogP contribution in [0.15, 0.2) is 78.9 Å². The molecule has 7 nitrogen and oxygen atoms in total. The lowest BCUT2D eigenvalue weighted by atomic mass is 10.1. The molecule has 0 bridgehead atoms. The molecule has 7 heteroatoms. The van der Waals surface area contributed by atoms with Crippen LogP contribution in [0, 0.1) is 0 Å². The number of hydrogen-bond donors (Lipinski definition) is 0. The minimum atomic E-state index is -0.574. The Labute approximate surface area is 312 Å². The van der Waals surface area contributed by atoms with E-state index < -0.39 is 17.9 Å². The van der Waals surface area contributed by atoms with Crippen LogP contribution in [0.2, 0.25) is 0 Å². The molecule has 52 heavy (non-hydrogen) atoms. The Morgan fingerprint density at radius 3 is 1.56 bits per heavy atom. The topological polar surface area (TPSA) is 88.1 Å². The molecule has 0 saturated carbocycles. The predicted octanol–water partition coefficient (Wildman–Crippen LogP) is 12.1. The number of benzene rings is 3. The zero-order chi connectivity index (χ0) is 37.2. The van der Waals surface area contributed by atoms with Gasteiger partial charge in [0.15, 0.2) is 0 Å². The SMILES string of the molecule is CCCCCCCCCCCCCCOc1ccc(/C=C/C(=O)Oc2ccc(C(=O)Oc3ccc(C(=O)O[C@@H](C)CCCCCC)cc3)cc2)cc1. The second-order valence-electron chi connectivity index (χ2n) is 13.6. The normalized spacial score (nSPS) is 11.7. The van der Waals surface area contributed by atoms with E-state index in [1.807, 2.05) is 31.2 Å². The van der Waals surface area contributed by atoms with Crippen LogP contribution in [0.5, 0.6) is 17.2 Å². The van der Waals surface area contributed by atoms with Crippen LogP contribution < -0.4 is 14.2 Å². The summed E-state index contributed by atoms with van der Waals surface area (Å²) < 4.78 is 22.3. The lowest BCUT2D eigenvalue weighted by molar-refractivity contribution is -0.128. The van der Waals surface area contributed by atoms with Gasteiger partial charge in [0.25, 0.3) is 0 Å². The highest BCUT2D eigenvalue weighted by Gasteiger charge is 2.14. The Bertz CT molecular complexity index is 1460. The highest BCUT2D eigenvalue weighted by atomic mass is 16.5. The smallest absolute Gasteiger partial charge is 0.343 e. The third-order valence-corrected chi connectivity index (χ3v) is 8.94. The molecular formula is C45H60O7. The average molecular weight is 713 g/mol. The van der Waals surface area contributed by atoms with Gasteiger partial charge < -0.3 is 18.9 Å². The maximum atomic E-state index is 12.7. The number of esters is 3. The van der Waals surface area contributed by atoms with Gasteiger partial charge in [-0.2, -0.15) is 0 Å². The molecule has 0 fully saturated rings. The second kappa shape index (κ2) is 25.5. The number of rotatable bonds is 26. The van der Waals surface area contributed by atoms with Gasteiger partial charge in [-0.1, -0.05) is 116 Å². The van der Waals surface area contributed by atoms with Gasteiger partial charge in [0, 0.05) is 6.08 Å². The molecule has 0 N–H and O–H groups in total. The van der Waals surface area contributed by atoms with Crippen molar-refractivity contribution in [2.75, 3.05) is 6.61 Å². The zero-order valence-corrected chi connectivity index (χ0v) is 31.7. The summed E-state index contributed by atoms with van der Waals surface area (Å²) in [5.74, 6) is -0.0907. The van der Waals surface area contributed by atoms with Crippen LogP contribution in [0.4, 0.5) is 0 Å². The summed E-state index contributed by atoms with van der Waals surface area (Å²) in [4.78, 5) is 37.5. The number of carbonyl (C=O) groups excluding carboxylic acids is 3. The monoisotopic (exact) mass is 712 g/mol. The van der Waals surface area contributed by atoms with E-state index in [1.165, 1.54) is 107 Å². The molecule has 3 aromatic carbocycles. The van der Waals surface area contributed by atoms with Gasteiger partial charge in [-0.15, -0.1) is 0 Å². The van der Waals surface area contributed by atoms with E-state index in [-0.39, 0.29) is 11.7 Å². The van der Waals surface area contributed by atoms with Crippen molar-refractivity contribution in [3.05, 3.63) is 95.6 Å². The van der Waals surface area contributed by atoms with Crippen LogP contribution in [-0.4, -0.2) is 30.6 Å². The summed E-state index contributed by atoms with van der Waals surface area (Å²) in [5.41, 5.74) is 1.54. The quantitative estimate of drug-likeness (QED) is 0.0354. The fraction of sp³-hybridized carbons (Fsp3) is 0.489. The summed E-state index contributed by atoms with van der Waals surface area (Å²) in [6.07, 6.45) is 24.0. The number of hydrogen-bond acceptors (Lipinski definition) is 7. The molecule has 0 heterocycles. The highest BCUT2D eigenvalue weighted by Crippen LogP contribution is 2.20. The van der Waals surface area contributed by atoms with Crippen molar-refractivity contribution in [3.63, 3.8) is 0 Å². The minimum Gasteiger partial charge on any atom is -0.494 e. The summed E-state index contributed by atoms with van der Waals surface area (Å²) in [5, 5.41) is 0. The van der Waals surface area contributed by atoms with Crippen LogP contribution >= 0.6 is 0 Å². The minimum absolute atomic E-state index is 0.156. The van der Waals surface area contributed by atoms with E-state index in [2.05, 4.69) is 13.8 Å². The molecule has 0 unspecified atom stereocenters. The largest absolute Gasteiger partial charge is 0.494 e. The number of ether oxygens (including phenoxy) is 4. The summed E-state index contributed by atoms with van der Waals surface area (Å²) in [6.45, 7) is 7.04. The first-order valence-corrected chi connectivity index (χ1v) is 19.6. The molecule has 0 spiro atoms. The Morgan fingerprint density at radius 2 is 1.00 bits per heavy atom. The summed E-state index contributed by atoms with van der Waals surface area (Å²) in [6, 6.07) is 20.0. The van der Waals surface area contributed by atoms with Crippen LogP contribution in [0.25, 0.3) is 6.08 Å². The molecule has 3 rings (SSSR count). The van der Waals surface area contributed by atoms with Crippen molar-refractivity contribution in [1.82, 2.24) is 0 Å². The van der Waals surface area contributed by atoms with Gasteiger partial charge in [0.05, 0.1) is 23.8 Å². The standard InChI is InChI=1S/C45H60O7/c1-4-6-8-10-11-12-13-14-15-16-17-19-35-49-40-28-21-37(22-29-40)23-34-43(46)51-41-30-24-39(25-31-41)45(48)52-42-32-26-38(27-33-42)44(47)50-36(3)20-18-9-7-5-2/h21-34,36H,4-20,35H2,1-3H3/b34-23+/t36-/m0/s1. The molecule has 0 aromatic heterocycles. The maximum absolute atomic E-state index is 12.7. The molecule has 1 atom stereocenters. The molecule has 0 aliphatic heterocycles. The average Bonchev–Trinajstić information content (AvgIpc) is 3.15. The molecule has 0 aliphatic carbocycles. The molecule has 0 amide bonds. The molecule has 0 aliphatic rings. The van der Waals surface area contributed by atoms with Gasteiger partial charge in [-0.3, -0.25) is 0 Å². The lowest BCUT2D eigenvalue weighted by Gasteiger charge is -2.13. The first kappa shape index (κ1) is 42.0. The Hall–Kier alpha value is -4.39. The van der Waals surface area contributed by atoms with E-state index in [4.69, 9.17) is 18.9 Å². The van der Waals surface area contributed by atoms with Crippen molar-refractivity contribution in [3.8, 4) is 17.2 Å². The van der Waals surface area contributed by atoms with E-state index in [0.29, 0.717) is 23.7 Å². The van der Waals surface area contributed by atoms with Gasteiger partial charge >= 0.3 is 17.9 Å². The number of carbonyl (C=O) groups is 3. The second-order valence-corrected chi connectivity index (χ2v) is 13.6. The summed E-state index contributed by atoms with van der Waals surface area (Å²) >= 11 is 0. The van der Waals surface area contributed by atoms with Gasteiger partial charge in [0.2, 0.25) is 0 Å². The summed E-state index contributed by atoms with van der Waals surface area (Å²) in [7, 11) is 0. The van der Waals surface area contributed by atoms with Gasteiger partial charge in [0.1, 0.15) is 17.2 Å². The zero-order valence-electron chi connectivity index (χ0n) is 31.7. The Kier molecular flexibility index (Phi) is 20.6. The Balaban J connectivity index is 1.30. The molecule has 0 radical (unpaired) electrons.